The summed E-state index contributed by atoms with van der Waals surface area (Å²) in [6.07, 6.45) is 9.83. The van der Waals surface area contributed by atoms with Crippen LogP contribution in [0.25, 0.3) is 0 Å². The first-order valence-corrected chi connectivity index (χ1v) is 11.6. The number of rotatable bonds is 16. The topological polar surface area (TPSA) is 99.1 Å². The molecule has 0 aliphatic heterocycles. The molecule has 0 amide bonds. The number of hydrogen-bond acceptors (Lipinski definition) is 6. The fraction of sp³-hybridized carbons (Fsp3) is 0.370. The summed E-state index contributed by atoms with van der Waals surface area (Å²) in [6.45, 7) is 4.44. The lowest BCUT2D eigenvalue weighted by Crippen LogP contribution is -2.13. The Morgan fingerprint density at radius 1 is 0.735 bits per heavy atom. The Morgan fingerprint density at radius 3 is 1.85 bits per heavy atom. The minimum Gasteiger partial charge on any atom is -0.494 e. The molecule has 2 aromatic rings. The normalized spacial score (nSPS) is 10.4. The fourth-order valence-electron chi connectivity index (χ4n) is 3.30. The molecule has 0 spiro atoms. The van der Waals surface area contributed by atoms with Gasteiger partial charge in [0.05, 0.1) is 24.3 Å². The van der Waals surface area contributed by atoms with Crippen LogP contribution in [0.4, 0.5) is 0 Å². The Labute approximate surface area is 200 Å². The number of hydrogen-bond donors (Lipinski definition) is 1. The van der Waals surface area contributed by atoms with E-state index in [0.29, 0.717) is 24.7 Å². The van der Waals surface area contributed by atoms with Crippen LogP contribution in [-0.2, 0) is 9.53 Å². The Balaban J connectivity index is 1.56. The number of carbonyl (C=O) groups excluding carboxylic acids is 2. The van der Waals surface area contributed by atoms with Crippen molar-refractivity contribution in [2.75, 3.05) is 13.2 Å². The zero-order chi connectivity index (χ0) is 24.6. The quantitative estimate of drug-likeness (QED) is 0.143. The highest BCUT2D eigenvalue weighted by atomic mass is 16.5. The molecule has 0 fully saturated rings. The van der Waals surface area contributed by atoms with Gasteiger partial charge >= 0.3 is 17.9 Å². The molecule has 2 rings (SSSR count). The molecule has 0 unspecified atom stereocenters. The summed E-state index contributed by atoms with van der Waals surface area (Å²) >= 11 is 0. The molecule has 7 heteroatoms. The molecule has 0 saturated heterocycles. The monoisotopic (exact) mass is 468 g/mol. The lowest BCUT2D eigenvalue weighted by atomic mass is 10.1. The van der Waals surface area contributed by atoms with Crippen molar-refractivity contribution < 1.29 is 33.7 Å². The van der Waals surface area contributed by atoms with E-state index in [1.165, 1.54) is 31.1 Å². The van der Waals surface area contributed by atoms with Crippen LogP contribution < -0.4 is 9.47 Å². The molecular weight excluding hydrogens is 436 g/mol. The summed E-state index contributed by atoms with van der Waals surface area (Å²) in [5.41, 5.74) is -0.0941. The van der Waals surface area contributed by atoms with E-state index in [1.807, 2.05) is 0 Å². The van der Waals surface area contributed by atoms with Gasteiger partial charge in [0.1, 0.15) is 11.5 Å². The average molecular weight is 469 g/mol. The third kappa shape index (κ3) is 9.90. The standard InChI is InChI=1S/C27H32O7/c1-2-25(28)33-20-12-8-6-4-3-5-7-11-19-32-21-15-17-22(18-16-21)34-27(31)24-14-10-9-13-23(24)26(29)30/h2,9-10,13-18H,1,3-8,11-12,19-20H2,(H,29,30). The van der Waals surface area contributed by atoms with Crippen molar-refractivity contribution in [3.63, 3.8) is 0 Å². The van der Waals surface area contributed by atoms with E-state index in [-0.39, 0.29) is 17.1 Å². The molecule has 182 valence electrons. The van der Waals surface area contributed by atoms with Crippen LogP contribution in [0, 0.1) is 0 Å². The van der Waals surface area contributed by atoms with Gasteiger partial charge in [0.25, 0.3) is 0 Å². The molecule has 7 nitrogen and oxygen atoms in total. The van der Waals surface area contributed by atoms with Gasteiger partial charge < -0.3 is 19.3 Å². The van der Waals surface area contributed by atoms with Crippen molar-refractivity contribution in [3.05, 3.63) is 72.3 Å². The highest BCUT2D eigenvalue weighted by Crippen LogP contribution is 2.20. The van der Waals surface area contributed by atoms with Crippen LogP contribution >= 0.6 is 0 Å². The van der Waals surface area contributed by atoms with E-state index in [9.17, 15) is 19.5 Å². The third-order valence-corrected chi connectivity index (χ3v) is 5.13. The lowest BCUT2D eigenvalue weighted by Gasteiger charge is -2.09. The Kier molecular flexibility index (Phi) is 12.0. The van der Waals surface area contributed by atoms with Crippen molar-refractivity contribution in [1.29, 1.82) is 0 Å². The van der Waals surface area contributed by atoms with Gasteiger partial charge in [-0.2, -0.15) is 0 Å². The summed E-state index contributed by atoms with van der Waals surface area (Å²) in [6, 6.07) is 12.6. The van der Waals surface area contributed by atoms with E-state index >= 15 is 0 Å². The number of ether oxygens (including phenoxy) is 3. The highest BCUT2D eigenvalue weighted by molar-refractivity contribution is 6.03. The molecule has 0 bridgehead atoms. The predicted octanol–water partition coefficient (Wildman–Crippen LogP) is 5.83. The number of carbonyl (C=O) groups is 3. The van der Waals surface area contributed by atoms with Gasteiger partial charge in [-0.15, -0.1) is 0 Å². The van der Waals surface area contributed by atoms with Gasteiger partial charge in [0.2, 0.25) is 0 Å². The minimum absolute atomic E-state index is 0.00403. The van der Waals surface area contributed by atoms with Crippen molar-refractivity contribution in [3.8, 4) is 11.5 Å². The summed E-state index contributed by atoms with van der Waals surface area (Å²) in [5.74, 6) is -1.26. The second-order valence-corrected chi connectivity index (χ2v) is 7.76. The van der Waals surface area contributed by atoms with E-state index in [2.05, 4.69) is 6.58 Å². The van der Waals surface area contributed by atoms with Crippen LogP contribution in [0.15, 0.2) is 61.2 Å². The van der Waals surface area contributed by atoms with E-state index < -0.39 is 11.9 Å². The maximum absolute atomic E-state index is 12.3. The van der Waals surface area contributed by atoms with Crippen molar-refractivity contribution in [1.82, 2.24) is 0 Å². The summed E-state index contributed by atoms with van der Waals surface area (Å²) in [7, 11) is 0. The summed E-state index contributed by atoms with van der Waals surface area (Å²) in [5, 5.41) is 9.20. The first-order chi connectivity index (χ1) is 16.5. The number of benzene rings is 2. The zero-order valence-corrected chi connectivity index (χ0v) is 19.4. The molecule has 2 aromatic carbocycles. The van der Waals surface area contributed by atoms with E-state index in [4.69, 9.17) is 14.2 Å². The second-order valence-electron chi connectivity index (χ2n) is 7.76. The third-order valence-electron chi connectivity index (χ3n) is 5.13. The number of carboxylic acids is 1. The number of carboxylic acid groups (broad SMARTS) is 1. The summed E-state index contributed by atoms with van der Waals surface area (Å²) in [4.78, 5) is 34.5. The molecule has 0 heterocycles. The van der Waals surface area contributed by atoms with Crippen molar-refractivity contribution in [2.45, 2.75) is 51.4 Å². The molecule has 0 radical (unpaired) electrons. The van der Waals surface area contributed by atoms with Crippen LogP contribution in [0.5, 0.6) is 11.5 Å². The maximum atomic E-state index is 12.3. The molecule has 34 heavy (non-hydrogen) atoms. The average Bonchev–Trinajstić information content (AvgIpc) is 2.85. The van der Waals surface area contributed by atoms with Crippen molar-refractivity contribution >= 4 is 17.9 Å². The molecule has 0 saturated carbocycles. The SMILES string of the molecule is C=CC(=O)OCCCCCCCCCCOc1ccc(OC(=O)c2ccccc2C(=O)O)cc1. The van der Waals surface area contributed by atoms with Gasteiger partial charge in [-0.1, -0.05) is 57.2 Å². The lowest BCUT2D eigenvalue weighted by molar-refractivity contribution is -0.137. The smallest absolute Gasteiger partial charge is 0.344 e. The molecular formula is C27H32O7. The molecule has 1 N–H and O–H groups in total. The van der Waals surface area contributed by atoms with Crippen LogP contribution in [0.1, 0.15) is 72.1 Å². The van der Waals surface area contributed by atoms with E-state index in [0.717, 1.165) is 38.5 Å². The van der Waals surface area contributed by atoms with Gasteiger partial charge in [-0.25, -0.2) is 14.4 Å². The fourth-order valence-corrected chi connectivity index (χ4v) is 3.30. The van der Waals surface area contributed by atoms with Gasteiger partial charge in [-0.3, -0.25) is 0 Å². The number of aromatic carboxylic acids is 1. The predicted molar refractivity (Wildman–Crippen MR) is 128 cm³/mol. The van der Waals surface area contributed by atoms with Crippen LogP contribution in [0.3, 0.4) is 0 Å². The first kappa shape index (κ1) is 26.6. The number of unbranched alkanes of at least 4 members (excludes halogenated alkanes) is 7. The van der Waals surface area contributed by atoms with Gasteiger partial charge in [0, 0.05) is 6.08 Å². The molecule has 0 aliphatic carbocycles. The Bertz CT molecular complexity index is 934. The van der Waals surface area contributed by atoms with E-state index in [1.54, 1.807) is 36.4 Å². The second kappa shape index (κ2) is 15.3. The van der Waals surface area contributed by atoms with Crippen molar-refractivity contribution in [2.24, 2.45) is 0 Å². The number of esters is 2. The Hall–Kier alpha value is -3.61. The maximum Gasteiger partial charge on any atom is 0.344 e. The van der Waals surface area contributed by atoms with Gasteiger partial charge in [0.15, 0.2) is 0 Å². The Morgan fingerprint density at radius 2 is 1.26 bits per heavy atom. The molecule has 0 aromatic heterocycles. The van der Waals surface area contributed by atoms with Crippen LogP contribution in [-0.4, -0.2) is 36.2 Å². The largest absolute Gasteiger partial charge is 0.494 e. The molecule has 0 aliphatic rings. The zero-order valence-electron chi connectivity index (χ0n) is 19.4. The first-order valence-electron chi connectivity index (χ1n) is 11.6. The minimum atomic E-state index is -1.18. The van der Waals surface area contributed by atoms with Gasteiger partial charge in [-0.05, 0) is 49.2 Å². The highest BCUT2D eigenvalue weighted by Gasteiger charge is 2.17. The molecule has 0 atom stereocenters. The van der Waals surface area contributed by atoms with Crippen LogP contribution in [0.2, 0.25) is 0 Å². The summed E-state index contributed by atoms with van der Waals surface area (Å²) < 4.78 is 16.0.